The molecular formula is C15H28N2O. The van der Waals surface area contributed by atoms with E-state index in [1.165, 1.54) is 38.5 Å². The van der Waals surface area contributed by atoms with Crippen molar-refractivity contribution in [2.75, 3.05) is 0 Å². The molecule has 3 heteroatoms. The largest absolute Gasteiger partial charge is 0.352 e. The summed E-state index contributed by atoms with van der Waals surface area (Å²) in [5.41, 5.74) is 5.51. The lowest BCUT2D eigenvalue weighted by Gasteiger charge is -2.29. The summed E-state index contributed by atoms with van der Waals surface area (Å²) in [6.45, 7) is 4.04. The SMILES string of the molecule is C[C@@H](NC(=O)C(C)(N)C1CC1)C1CCCCCC1. The minimum atomic E-state index is -0.654. The Balaban J connectivity index is 1.85. The lowest BCUT2D eigenvalue weighted by molar-refractivity contribution is -0.127. The fourth-order valence-electron chi connectivity index (χ4n) is 3.16. The van der Waals surface area contributed by atoms with E-state index in [2.05, 4.69) is 12.2 Å². The summed E-state index contributed by atoms with van der Waals surface area (Å²) >= 11 is 0. The molecule has 0 radical (unpaired) electrons. The lowest BCUT2D eigenvalue weighted by atomic mass is 9.90. The number of carbonyl (C=O) groups excluding carboxylic acids is 1. The van der Waals surface area contributed by atoms with Crippen molar-refractivity contribution < 1.29 is 4.79 Å². The van der Waals surface area contributed by atoms with Crippen LogP contribution in [0.4, 0.5) is 0 Å². The van der Waals surface area contributed by atoms with Crippen LogP contribution in [0, 0.1) is 11.8 Å². The fraction of sp³-hybridized carbons (Fsp3) is 0.933. The van der Waals surface area contributed by atoms with Gasteiger partial charge in [0.05, 0.1) is 5.54 Å². The molecule has 1 unspecified atom stereocenters. The molecule has 0 spiro atoms. The highest BCUT2D eigenvalue weighted by atomic mass is 16.2. The van der Waals surface area contributed by atoms with Gasteiger partial charge in [-0.05, 0) is 51.4 Å². The zero-order valence-corrected chi connectivity index (χ0v) is 11.9. The predicted octanol–water partition coefficient (Wildman–Crippen LogP) is 2.59. The molecule has 0 aromatic heterocycles. The molecule has 0 aromatic rings. The lowest BCUT2D eigenvalue weighted by Crippen LogP contribution is -2.56. The van der Waals surface area contributed by atoms with E-state index in [9.17, 15) is 4.79 Å². The summed E-state index contributed by atoms with van der Waals surface area (Å²) in [5.74, 6) is 1.10. The van der Waals surface area contributed by atoms with Crippen molar-refractivity contribution in [3.05, 3.63) is 0 Å². The third-order valence-electron chi connectivity index (χ3n) is 4.88. The first-order chi connectivity index (χ1) is 8.51. The van der Waals surface area contributed by atoms with Gasteiger partial charge in [-0.2, -0.15) is 0 Å². The summed E-state index contributed by atoms with van der Waals surface area (Å²) in [4.78, 5) is 12.2. The topological polar surface area (TPSA) is 55.1 Å². The van der Waals surface area contributed by atoms with Crippen LogP contribution in [0.3, 0.4) is 0 Å². The Morgan fingerprint density at radius 2 is 1.72 bits per heavy atom. The second-order valence-electron chi connectivity index (χ2n) is 6.57. The van der Waals surface area contributed by atoms with E-state index in [1.54, 1.807) is 0 Å². The Morgan fingerprint density at radius 3 is 2.22 bits per heavy atom. The van der Waals surface area contributed by atoms with Crippen molar-refractivity contribution in [1.29, 1.82) is 0 Å². The molecule has 1 amide bonds. The van der Waals surface area contributed by atoms with Gasteiger partial charge in [-0.1, -0.05) is 25.7 Å². The highest BCUT2D eigenvalue weighted by Gasteiger charge is 2.44. The summed E-state index contributed by atoms with van der Waals surface area (Å²) in [6.07, 6.45) is 10.1. The zero-order chi connectivity index (χ0) is 13.2. The van der Waals surface area contributed by atoms with Crippen LogP contribution in [0.25, 0.3) is 0 Å². The van der Waals surface area contributed by atoms with E-state index in [-0.39, 0.29) is 11.9 Å². The summed E-state index contributed by atoms with van der Waals surface area (Å²) in [6, 6.07) is 0.275. The fourth-order valence-corrected chi connectivity index (χ4v) is 3.16. The van der Waals surface area contributed by atoms with E-state index in [0.717, 1.165) is 12.8 Å². The smallest absolute Gasteiger partial charge is 0.240 e. The molecule has 104 valence electrons. The molecule has 0 heterocycles. The van der Waals surface area contributed by atoms with Crippen molar-refractivity contribution >= 4 is 5.91 Å². The molecular weight excluding hydrogens is 224 g/mol. The van der Waals surface area contributed by atoms with E-state index < -0.39 is 5.54 Å². The second kappa shape index (κ2) is 5.60. The predicted molar refractivity (Wildman–Crippen MR) is 74.1 cm³/mol. The van der Waals surface area contributed by atoms with Gasteiger partial charge in [0, 0.05) is 6.04 Å². The molecule has 2 saturated carbocycles. The number of rotatable bonds is 4. The molecule has 0 aromatic carbocycles. The quantitative estimate of drug-likeness (QED) is 0.756. The summed E-state index contributed by atoms with van der Waals surface area (Å²) in [7, 11) is 0. The molecule has 18 heavy (non-hydrogen) atoms. The van der Waals surface area contributed by atoms with Crippen LogP contribution >= 0.6 is 0 Å². The van der Waals surface area contributed by atoms with Crippen LogP contribution in [0.15, 0.2) is 0 Å². The maximum absolute atomic E-state index is 12.2. The Kier molecular flexibility index (Phi) is 4.31. The Labute approximate surface area is 111 Å². The van der Waals surface area contributed by atoms with Gasteiger partial charge in [0.1, 0.15) is 0 Å². The molecule has 3 N–H and O–H groups in total. The van der Waals surface area contributed by atoms with Crippen molar-refractivity contribution in [2.24, 2.45) is 17.6 Å². The molecule has 2 rings (SSSR count). The van der Waals surface area contributed by atoms with Gasteiger partial charge in [-0.25, -0.2) is 0 Å². The van der Waals surface area contributed by atoms with Gasteiger partial charge in [0.25, 0.3) is 0 Å². The number of carbonyl (C=O) groups is 1. The number of hydrogen-bond acceptors (Lipinski definition) is 2. The molecule has 2 atom stereocenters. The normalized spacial score (nSPS) is 27.1. The number of amides is 1. The van der Waals surface area contributed by atoms with Gasteiger partial charge >= 0.3 is 0 Å². The standard InChI is InChI=1S/C15H28N2O/c1-11(12-7-5-3-4-6-8-12)17-14(18)15(2,16)13-9-10-13/h11-13H,3-10,16H2,1-2H3,(H,17,18)/t11-,15?/m1/s1. The van der Waals surface area contributed by atoms with Gasteiger partial charge in [-0.15, -0.1) is 0 Å². The van der Waals surface area contributed by atoms with Crippen LogP contribution in [-0.4, -0.2) is 17.5 Å². The number of nitrogens with two attached hydrogens (primary N) is 1. The van der Waals surface area contributed by atoms with Crippen molar-refractivity contribution in [3.8, 4) is 0 Å². The zero-order valence-electron chi connectivity index (χ0n) is 11.9. The highest BCUT2D eigenvalue weighted by Crippen LogP contribution is 2.38. The summed E-state index contributed by atoms with van der Waals surface area (Å²) in [5, 5.41) is 3.18. The average molecular weight is 252 g/mol. The minimum absolute atomic E-state index is 0.0572. The molecule has 3 nitrogen and oxygen atoms in total. The van der Waals surface area contributed by atoms with E-state index in [0.29, 0.717) is 11.8 Å². The van der Waals surface area contributed by atoms with Gasteiger partial charge in [-0.3, -0.25) is 4.79 Å². The maximum atomic E-state index is 12.2. The van der Waals surface area contributed by atoms with Crippen LogP contribution in [0.5, 0.6) is 0 Å². The van der Waals surface area contributed by atoms with Crippen molar-refractivity contribution in [3.63, 3.8) is 0 Å². The minimum Gasteiger partial charge on any atom is -0.352 e. The third kappa shape index (κ3) is 3.25. The van der Waals surface area contributed by atoms with E-state index in [1.807, 2.05) is 6.92 Å². The molecule has 0 saturated heterocycles. The van der Waals surface area contributed by atoms with E-state index in [4.69, 9.17) is 5.73 Å². The van der Waals surface area contributed by atoms with Crippen LogP contribution in [-0.2, 0) is 4.79 Å². The molecule has 0 bridgehead atoms. The van der Waals surface area contributed by atoms with Crippen LogP contribution in [0.2, 0.25) is 0 Å². The monoisotopic (exact) mass is 252 g/mol. The van der Waals surface area contributed by atoms with Crippen molar-refractivity contribution in [1.82, 2.24) is 5.32 Å². The molecule has 2 fully saturated rings. The second-order valence-corrected chi connectivity index (χ2v) is 6.57. The van der Waals surface area contributed by atoms with Gasteiger partial charge < -0.3 is 11.1 Å². The molecule has 2 aliphatic carbocycles. The first kappa shape index (κ1) is 13.9. The van der Waals surface area contributed by atoms with Crippen LogP contribution in [0.1, 0.15) is 65.2 Å². The van der Waals surface area contributed by atoms with E-state index >= 15 is 0 Å². The van der Waals surface area contributed by atoms with Crippen molar-refractivity contribution in [2.45, 2.75) is 76.8 Å². The third-order valence-corrected chi connectivity index (χ3v) is 4.88. The Bertz CT molecular complexity index is 289. The average Bonchev–Trinajstić information content (AvgIpc) is 3.16. The molecule has 0 aliphatic heterocycles. The first-order valence-electron chi connectivity index (χ1n) is 7.61. The Hall–Kier alpha value is -0.570. The summed E-state index contributed by atoms with van der Waals surface area (Å²) < 4.78 is 0. The maximum Gasteiger partial charge on any atom is 0.240 e. The van der Waals surface area contributed by atoms with Crippen LogP contribution < -0.4 is 11.1 Å². The number of hydrogen-bond donors (Lipinski definition) is 2. The molecule has 2 aliphatic rings. The first-order valence-corrected chi connectivity index (χ1v) is 7.61. The highest BCUT2D eigenvalue weighted by molar-refractivity contribution is 5.86. The Morgan fingerprint density at radius 1 is 1.17 bits per heavy atom. The van der Waals surface area contributed by atoms with Gasteiger partial charge in [0.2, 0.25) is 5.91 Å². The van der Waals surface area contributed by atoms with Gasteiger partial charge in [0.15, 0.2) is 0 Å². The number of nitrogens with one attached hydrogen (secondary N) is 1.